The normalized spacial score (nSPS) is 11.2. The van der Waals surface area contributed by atoms with E-state index in [-0.39, 0.29) is 18.9 Å². The summed E-state index contributed by atoms with van der Waals surface area (Å²) >= 11 is 0. The number of aromatic nitrogens is 4. The first kappa shape index (κ1) is 16.7. The molecule has 0 saturated heterocycles. The number of furan rings is 1. The third-order valence-corrected chi connectivity index (χ3v) is 4.01. The zero-order chi connectivity index (χ0) is 18.1. The second-order valence-electron chi connectivity index (χ2n) is 5.75. The van der Waals surface area contributed by atoms with Crippen LogP contribution in [0.5, 0.6) is 0 Å². The molecule has 0 unspecified atom stereocenters. The van der Waals surface area contributed by atoms with Crippen LogP contribution in [-0.4, -0.2) is 31.3 Å². The summed E-state index contributed by atoms with van der Waals surface area (Å²) in [6.07, 6.45) is 3.23. The average molecular weight is 346 g/mol. The summed E-state index contributed by atoms with van der Waals surface area (Å²) < 4.78 is 14.2. The van der Waals surface area contributed by atoms with Gasteiger partial charge in [-0.2, -0.15) is 0 Å². The third-order valence-electron chi connectivity index (χ3n) is 4.01. The van der Waals surface area contributed by atoms with E-state index in [2.05, 4.69) is 4.98 Å². The highest BCUT2D eigenvalue weighted by molar-refractivity contribution is 5.87. The molecule has 132 valence electrons. The quantitative estimate of drug-likeness (QED) is 0.495. The van der Waals surface area contributed by atoms with Gasteiger partial charge in [-0.25, -0.2) is 14.6 Å². The average Bonchev–Trinajstić information content (AvgIpc) is 3.18. The number of esters is 1. The molecule has 9 heteroatoms. The fourth-order valence-corrected chi connectivity index (χ4v) is 2.63. The Bertz CT molecular complexity index is 1050. The second kappa shape index (κ2) is 6.42. The zero-order valence-corrected chi connectivity index (χ0v) is 14.2. The van der Waals surface area contributed by atoms with Crippen LogP contribution in [0.2, 0.25) is 0 Å². The SMILES string of the molecule is Cc1ccoc1C(=O)OCCCn1c(=O)c2c(ncn2C)n(C)c1=O. The van der Waals surface area contributed by atoms with Crippen LogP contribution in [0.15, 0.2) is 32.7 Å². The Morgan fingerprint density at radius 1 is 1.32 bits per heavy atom. The first-order valence-electron chi connectivity index (χ1n) is 7.74. The largest absolute Gasteiger partial charge is 0.460 e. The maximum Gasteiger partial charge on any atom is 0.374 e. The summed E-state index contributed by atoms with van der Waals surface area (Å²) in [4.78, 5) is 40.8. The number of imidazole rings is 1. The molecule has 0 aliphatic carbocycles. The van der Waals surface area contributed by atoms with Gasteiger partial charge in [0, 0.05) is 26.2 Å². The molecule has 3 aromatic rings. The maximum atomic E-state index is 12.5. The van der Waals surface area contributed by atoms with Crippen molar-refractivity contribution in [1.29, 1.82) is 0 Å². The van der Waals surface area contributed by atoms with Gasteiger partial charge in [-0.3, -0.25) is 13.9 Å². The molecule has 3 aromatic heterocycles. The Morgan fingerprint density at radius 2 is 2.08 bits per heavy atom. The number of carbonyl (C=O) groups excluding carboxylic acids is 1. The van der Waals surface area contributed by atoms with E-state index in [1.165, 1.54) is 17.2 Å². The van der Waals surface area contributed by atoms with Crippen LogP contribution in [0.4, 0.5) is 0 Å². The van der Waals surface area contributed by atoms with E-state index >= 15 is 0 Å². The van der Waals surface area contributed by atoms with Crippen molar-refractivity contribution in [2.45, 2.75) is 19.9 Å². The van der Waals surface area contributed by atoms with Gasteiger partial charge in [0.1, 0.15) is 0 Å². The molecule has 3 heterocycles. The van der Waals surface area contributed by atoms with Crippen LogP contribution in [0.3, 0.4) is 0 Å². The third kappa shape index (κ3) is 2.88. The van der Waals surface area contributed by atoms with Gasteiger partial charge in [0.25, 0.3) is 5.56 Å². The molecule has 0 N–H and O–H groups in total. The van der Waals surface area contributed by atoms with Crippen molar-refractivity contribution in [2.75, 3.05) is 6.61 Å². The van der Waals surface area contributed by atoms with Crippen LogP contribution >= 0.6 is 0 Å². The Morgan fingerprint density at radius 3 is 2.76 bits per heavy atom. The van der Waals surface area contributed by atoms with Gasteiger partial charge in [-0.1, -0.05) is 0 Å². The number of nitrogens with zero attached hydrogens (tertiary/aromatic N) is 4. The Kier molecular flexibility index (Phi) is 4.30. The van der Waals surface area contributed by atoms with E-state index in [9.17, 15) is 14.4 Å². The van der Waals surface area contributed by atoms with Crippen molar-refractivity contribution in [3.63, 3.8) is 0 Å². The first-order valence-corrected chi connectivity index (χ1v) is 7.74. The van der Waals surface area contributed by atoms with Gasteiger partial charge in [-0.15, -0.1) is 0 Å². The summed E-state index contributed by atoms with van der Waals surface area (Å²) in [6.45, 7) is 1.95. The summed E-state index contributed by atoms with van der Waals surface area (Å²) in [5.74, 6) is -0.408. The molecule has 0 aromatic carbocycles. The minimum atomic E-state index is -0.565. The molecule has 0 radical (unpaired) electrons. The van der Waals surface area contributed by atoms with Gasteiger partial charge < -0.3 is 13.7 Å². The van der Waals surface area contributed by atoms with Crippen LogP contribution in [-0.2, 0) is 25.4 Å². The van der Waals surface area contributed by atoms with E-state index in [1.54, 1.807) is 31.7 Å². The highest BCUT2D eigenvalue weighted by Crippen LogP contribution is 2.10. The lowest BCUT2D eigenvalue weighted by atomic mass is 10.3. The predicted molar refractivity (Wildman–Crippen MR) is 88.6 cm³/mol. The van der Waals surface area contributed by atoms with Gasteiger partial charge in [0.05, 0.1) is 19.2 Å². The van der Waals surface area contributed by atoms with Gasteiger partial charge in [0.2, 0.25) is 5.76 Å². The number of aryl methyl sites for hydroxylation is 3. The number of rotatable bonds is 5. The van der Waals surface area contributed by atoms with Gasteiger partial charge in [0.15, 0.2) is 11.2 Å². The minimum absolute atomic E-state index is 0.0675. The fraction of sp³-hybridized carbons (Fsp3) is 0.375. The molecule has 0 spiro atoms. The summed E-state index contributed by atoms with van der Waals surface area (Å²) in [5.41, 5.74) is 0.520. The van der Waals surface area contributed by atoms with Crippen molar-refractivity contribution in [3.05, 3.63) is 50.8 Å². The maximum absolute atomic E-state index is 12.5. The lowest BCUT2D eigenvalue weighted by molar-refractivity contribution is 0.0458. The highest BCUT2D eigenvalue weighted by atomic mass is 16.5. The van der Waals surface area contributed by atoms with Crippen LogP contribution < -0.4 is 11.2 Å². The molecule has 0 bridgehead atoms. The van der Waals surface area contributed by atoms with E-state index in [0.717, 1.165) is 4.57 Å². The van der Waals surface area contributed by atoms with Crippen molar-refractivity contribution in [1.82, 2.24) is 18.7 Å². The molecular weight excluding hydrogens is 328 g/mol. The van der Waals surface area contributed by atoms with E-state index < -0.39 is 17.2 Å². The van der Waals surface area contributed by atoms with Crippen molar-refractivity contribution in [2.24, 2.45) is 14.1 Å². The van der Waals surface area contributed by atoms with Crippen molar-refractivity contribution >= 4 is 17.1 Å². The Balaban J connectivity index is 1.73. The van der Waals surface area contributed by atoms with E-state index in [1.807, 2.05) is 0 Å². The first-order chi connectivity index (χ1) is 11.9. The van der Waals surface area contributed by atoms with Gasteiger partial charge >= 0.3 is 11.7 Å². The van der Waals surface area contributed by atoms with Crippen LogP contribution in [0.25, 0.3) is 11.2 Å². The fourth-order valence-electron chi connectivity index (χ4n) is 2.63. The number of ether oxygens (including phenoxy) is 1. The molecule has 0 aliphatic heterocycles. The molecule has 0 atom stereocenters. The lowest BCUT2D eigenvalue weighted by Gasteiger charge is -2.09. The molecule has 0 fully saturated rings. The predicted octanol–water partition coefficient (Wildman–Crippen LogP) is 0.582. The molecule has 3 rings (SSSR count). The topological polar surface area (TPSA) is 101 Å². The van der Waals surface area contributed by atoms with E-state index in [0.29, 0.717) is 23.1 Å². The molecule has 25 heavy (non-hydrogen) atoms. The monoisotopic (exact) mass is 346 g/mol. The summed E-state index contributed by atoms with van der Waals surface area (Å²) in [7, 11) is 3.26. The zero-order valence-electron chi connectivity index (χ0n) is 14.2. The van der Waals surface area contributed by atoms with Crippen LogP contribution in [0, 0.1) is 6.92 Å². The summed E-state index contributed by atoms with van der Waals surface area (Å²) in [5, 5.41) is 0. The number of hydrogen-bond donors (Lipinski definition) is 0. The molecule has 0 amide bonds. The summed E-state index contributed by atoms with van der Waals surface area (Å²) in [6, 6.07) is 1.67. The molecule has 0 saturated carbocycles. The Hall–Kier alpha value is -3.10. The highest BCUT2D eigenvalue weighted by Gasteiger charge is 2.16. The second-order valence-corrected chi connectivity index (χ2v) is 5.75. The number of fused-ring (bicyclic) bond motifs is 1. The van der Waals surface area contributed by atoms with E-state index in [4.69, 9.17) is 9.15 Å². The van der Waals surface area contributed by atoms with Gasteiger partial charge in [-0.05, 0) is 19.4 Å². The smallest absolute Gasteiger partial charge is 0.374 e. The molecule has 0 aliphatic rings. The Labute approximate surface area is 142 Å². The van der Waals surface area contributed by atoms with Crippen molar-refractivity contribution < 1.29 is 13.9 Å². The molecule has 9 nitrogen and oxygen atoms in total. The van der Waals surface area contributed by atoms with Crippen molar-refractivity contribution in [3.8, 4) is 0 Å². The molecular formula is C16H18N4O5. The minimum Gasteiger partial charge on any atom is -0.460 e. The van der Waals surface area contributed by atoms with Crippen LogP contribution in [0.1, 0.15) is 22.5 Å². The number of carbonyl (C=O) groups is 1. The lowest BCUT2D eigenvalue weighted by Crippen LogP contribution is -2.39. The standard InChI is InChI=1S/C16H18N4O5/c1-10-5-8-24-12(10)15(22)25-7-4-6-20-14(21)11-13(17-9-18(11)2)19(3)16(20)23/h5,8-9H,4,6-7H2,1-3H3. The number of hydrogen-bond acceptors (Lipinski definition) is 6.